The quantitative estimate of drug-likeness (QED) is 0.237. The van der Waals surface area contributed by atoms with Crippen molar-refractivity contribution in [1.29, 1.82) is 0 Å². The van der Waals surface area contributed by atoms with Gasteiger partial charge in [0.25, 0.3) is 5.91 Å². The summed E-state index contributed by atoms with van der Waals surface area (Å²) in [5.74, 6) is -1.08. The van der Waals surface area contributed by atoms with Crippen molar-refractivity contribution in [3.8, 4) is 0 Å². The highest BCUT2D eigenvalue weighted by molar-refractivity contribution is 6.37. The van der Waals surface area contributed by atoms with E-state index >= 15 is 0 Å². The van der Waals surface area contributed by atoms with Crippen molar-refractivity contribution in [3.63, 3.8) is 0 Å². The van der Waals surface area contributed by atoms with Crippen molar-refractivity contribution >= 4 is 46.1 Å². The molecular formula is C31H30F3N5O4. The van der Waals surface area contributed by atoms with Gasteiger partial charge < -0.3 is 20.3 Å². The number of likely N-dealkylation sites (N-methyl/N-ethyl adjacent to an activating group) is 1. The number of halogens is 3. The number of nitrogens with zero attached hydrogens (tertiary/aromatic N) is 3. The monoisotopic (exact) mass is 593 g/mol. The molecule has 0 aromatic heterocycles. The maximum atomic E-state index is 13.2. The molecule has 0 atom stereocenters. The fraction of sp³-hybridized carbons (Fsp3) is 0.258. The van der Waals surface area contributed by atoms with Crippen LogP contribution in [-0.2, 0) is 14.3 Å². The molecule has 2 heterocycles. The second kappa shape index (κ2) is 12.3. The molecule has 43 heavy (non-hydrogen) atoms. The second-order valence-corrected chi connectivity index (χ2v) is 10.2. The fourth-order valence-electron chi connectivity index (χ4n) is 5.06. The first kappa shape index (κ1) is 29.8. The predicted molar refractivity (Wildman–Crippen MR) is 157 cm³/mol. The number of piperazine rings is 1. The van der Waals surface area contributed by atoms with Gasteiger partial charge in [0, 0.05) is 50.2 Å². The summed E-state index contributed by atoms with van der Waals surface area (Å²) in [4.78, 5) is 41.8. The molecule has 5 rings (SSSR count). The third-order valence-corrected chi connectivity index (χ3v) is 7.49. The first-order chi connectivity index (χ1) is 20.5. The summed E-state index contributed by atoms with van der Waals surface area (Å²) < 4.78 is 43.5. The fourth-order valence-corrected chi connectivity index (χ4v) is 5.06. The second-order valence-electron chi connectivity index (χ2n) is 10.2. The predicted octanol–water partition coefficient (Wildman–Crippen LogP) is 4.51. The van der Waals surface area contributed by atoms with Crippen LogP contribution in [0.4, 0.5) is 30.2 Å². The lowest BCUT2D eigenvalue weighted by molar-refractivity contribution is -0.252. The van der Waals surface area contributed by atoms with Crippen LogP contribution in [0.15, 0.2) is 72.8 Å². The van der Waals surface area contributed by atoms with Crippen LogP contribution >= 0.6 is 0 Å². The molecule has 1 saturated heterocycles. The van der Waals surface area contributed by atoms with Crippen molar-refractivity contribution in [1.82, 2.24) is 9.80 Å². The normalized spacial score (nSPS) is 16.7. The molecule has 3 aromatic carbocycles. The van der Waals surface area contributed by atoms with Gasteiger partial charge in [-0.15, -0.1) is 0 Å². The van der Waals surface area contributed by atoms with Crippen molar-refractivity contribution in [3.05, 3.63) is 89.5 Å². The van der Waals surface area contributed by atoms with Crippen molar-refractivity contribution in [2.24, 2.45) is 0 Å². The molecule has 0 unspecified atom stereocenters. The standard InChI is InChI=1S/C31H30F3N5O4/c1-37(26(40)19-38-14-16-39(17-15-38)31(32,33)34)23-11-9-22(10-12-23)35-28(20-6-4-3-5-7-20)27-24-13-8-21(30(42)43-2)18-25(24)36-29(27)41/h3-13,18,35H,14-17,19H2,1-2H3,(H,36,41)/b28-27-. The van der Waals surface area contributed by atoms with E-state index in [0.29, 0.717) is 44.4 Å². The van der Waals surface area contributed by atoms with Gasteiger partial charge in [-0.3, -0.25) is 14.5 Å². The van der Waals surface area contributed by atoms with Gasteiger partial charge in [-0.25, -0.2) is 9.69 Å². The number of ether oxygens (including phenoxy) is 1. The number of hydrogen-bond acceptors (Lipinski definition) is 7. The van der Waals surface area contributed by atoms with Gasteiger partial charge in [0.15, 0.2) is 0 Å². The summed E-state index contributed by atoms with van der Waals surface area (Å²) in [5.41, 5.74) is 4.42. The summed E-state index contributed by atoms with van der Waals surface area (Å²) >= 11 is 0. The molecule has 1 fully saturated rings. The highest BCUT2D eigenvalue weighted by Crippen LogP contribution is 2.38. The van der Waals surface area contributed by atoms with E-state index in [1.165, 1.54) is 12.0 Å². The van der Waals surface area contributed by atoms with Gasteiger partial charge in [-0.05, 0) is 42.0 Å². The Bertz CT molecular complexity index is 1550. The van der Waals surface area contributed by atoms with Gasteiger partial charge in [0.05, 0.1) is 36.2 Å². The molecule has 0 radical (unpaired) electrons. The number of hydrogen-bond donors (Lipinski definition) is 2. The van der Waals surface area contributed by atoms with Crippen LogP contribution < -0.4 is 15.5 Å². The smallest absolute Gasteiger partial charge is 0.460 e. The first-order valence-corrected chi connectivity index (χ1v) is 13.6. The summed E-state index contributed by atoms with van der Waals surface area (Å²) in [6, 6.07) is 21.3. The highest BCUT2D eigenvalue weighted by atomic mass is 19.4. The first-order valence-electron chi connectivity index (χ1n) is 13.6. The van der Waals surface area contributed by atoms with Gasteiger partial charge in [-0.1, -0.05) is 36.4 Å². The van der Waals surface area contributed by atoms with Gasteiger partial charge in [0.2, 0.25) is 5.91 Å². The molecule has 2 aliphatic heterocycles. The molecule has 0 saturated carbocycles. The number of carbonyl (C=O) groups excluding carboxylic acids is 3. The molecule has 2 N–H and O–H groups in total. The zero-order chi connectivity index (χ0) is 30.7. The van der Waals surface area contributed by atoms with Gasteiger partial charge >= 0.3 is 12.3 Å². The van der Waals surface area contributed by atoms with Gasteiger partial charge in [-0.2, -0.15) is 13.2 Å². The Morgan fingerprint density at radius 1 is 0.953 bits per heavy atom. The van der Waals surface area contributed by atoms with E-state index in [9.17, 15) is 27.6 Å². The minimum Gasteiger partial charge on any atom is -0.465 e. The van der Waals surface area contributed by atoms with Crippen LogP contribution in [0.2, 0.25) is 0 Å². The third kappa shape index (κ3) is 6.55. The zero-order valence-corrected chi connectivity index (χ0v) is 23.6. The SMILES string of the molecule is COC(=O)c1ccc2c(c1)NC(=O)/C2=C(\Nc1ccc(N(C)C(=O)CN2CCN(C(F)(F)F)CC2)cc1)c1ccccc1. The Balaban J connectivity index is 1.34. The lowest BCUT2D eigenvalue weighted by atomic mass is 9.99. The van der Waals surface area contributed by atoms with Crippen molar-refractivity contribution < 1.29 is 32.3 Å². The number of benzene rings is 3. The Kier molecular flexibility index (Phi) is 8.51. The van der Waals surface area contributed by atoms with E-state index in [1.54, 1.807) is 54.4 Å². The minimum atomic E-state index is -4.36. The van der Waals surface area contributed by atoms with Crippen LogP contribution in [0.5, 0.6) is 0 Å². The molecule has 0 spiro atoms. The molecule has 3 aromatic rings. The van der Waals surface area contributed by atoms with E-state index in [-0.39, 0.29) is 44.5 Å². The van der Waals surface area contributed by atoms with Crippen LogP contribution in [0.25, 0.3) is 11.3 Å². The Morgan fingerprint density at radius 3 is 2.26 bits per heavy atom. The summed E-state index contributed by atoms with van der Waals surface area (Å²) in [7, 11) is 2.91. The third-order valence-electron chi connectivity index (χ3n) is 7.49. The average Bonchev–Trinajstić information content (AvgIpc) is 3.34. The number of nitrogens with one attached hydrogen (secondary N) is 2. The highest BCUT2D eigenvalue weighted by Gasteiger charge is 2.39. The van der Waals surface area contributed by atoms with Crippen LogP contribution in [0.1, 0.15) is 21.5 Å². The molecule has 0 aliphatic carbocycles. The zero-order valence-electron chi connectivity index (χ0n) is 23.6. The topological polar surface area (TPSA) is 94.2 Å². The molecule has 2 amide bonds. The molecule has 9 nitrogen and oxygen atoms in total. The van der Waals surface area contributed by atoms with Crippen LogP contribution in [-0.4, -0.2) is 80.8 Å². The summed E-state index contributed by atoms with van der Waals surface area (Å²) in [6.07, 6.45) is -4.36. The Morgan fingerprint density at radius 2 is 1.63 bits per heavy atom. The average molecular weight is 594 g/mol. The number of amides is 2. The van der Waals surface area contributed by atoms with E-state index in [1.807, 2.05) is 30.3 Å². The Labute approximate surface area is 246 Å². The lowest BCUT2D eigenvalue weighted by Crippen LogP contribution is -2.53. The summed E-state index contributed by atoms with van der Waals surface area (Å²) in [5, 5.41) is 6.18. The molecule has 224 valence electrons. The molecule has 12 heteroatoms. The van der Waals surface area contributed by atoms with Crippen molar-refractivity contribution in [2.75, 3.05) is 62.4 Å². The maximum Gasteiger partial charge on any atom is 0.460 e. The number of fused-ring (bicyclic) bond motifs is 1. The molecular weight excluding hydrogens is 563 g/mol. The molecule has 2 aliphatic rings. The van der Waals surface area contributed by atoms with Crippen LogP contribution in [0.3, 0.4) is 0 Å². The van der Waals surface area contributed by atoms with Gasteiger partial charge in [0.1, 0.15) is 0 Å². The number of methoxy groups -OCH3 is 1. The largest absolute Gasteiger partial charge is 0.465 e. The maximum absolute atomic E-state index is 13.2. The van der Waals surface area contributed by atoms with Crippen LogP contribution in [0, 0.1) is 0 Å². The van der Waals surface area contributed by atoms with E-state index in [4.69, 9.17) is 4.74 Å². The number of carbonyl (C=O) groups is 3. The van der Waals surface area contributed by atoms with E-state index in [2.05, 4.69) is 10.6 Å². The Hall–Kier alpha value is -4.68. The number of anilines is 3. The number of esters is 1. The molecule has 0 bridgehead atoms. The van der Waals surface area contributed by atoms with Crippen molar-refractivity contribution in [2.45, 2.75) is 6.30 Å². The summed E-state index contributed by atoms with van der Waals surface area (Å²) in [6.45, 7) is -0.0258. The minimum absolute atomic E-state index is 0.0126. The number of alkyl halides is 3. The van der Waals surface area contributed by atoms with E-state index in [0.717, 1.165) is 5.56 Å². The lowest BCUT2D eigenvalue weighted by Gasteiger charge is -2.35. The number of rotatable bonds is 7. The van der Waals surface area contributed by atoms with E-state index < -0.39 is 12.3 Å².